The topological polar surface area (TPSA) is 0 Å². The molecule has 0 N–H and O–H groups in total. The Morgan fingerprint density at radius 2 is 2.06 bits per heavy atom. The average molecular weight is 226 g/mol. The average Bonchev–Trinajstić information content (AvgIpc) is 3.09. The lowest BCUT2D eigenvalue weighted by atomic mass is 9.64. The van der Waals surface area contributed by atoms with E-state index in [1.165, 1.54) is 19.3 Å². The molecule has 0 nitrogen and oxygen atoms in total. The summed E-state index contributed by atoms with van der Waals surface area (Å²) >= 11 is 0. The van der Waals surface area contributed by atoms with Crippen LogP contribution in [0.3, 0.4) is 0 Å². The zero-order valence-electron chi connectivity index (χ0n) is 10.7. The molecule has 0 amide bonds. The maximum absolute atomic E-state index is 2.70. The fraction of sp³-hybridized carbons (Fsp3) is 0.765. The number of hydrogen-bond acceptors (Lipinski definition) is 0. The van der Waals surface area contributed by atoms with E-state index in [4.69, 9.17) is 0 Å². The number of allylic oxidation sites excluding steroid dienone is 4. The van der Waals surface area contributed by atoms with Crippen molar-refractivity contribution in [1.82, 2.24) is 0 Å². The second-order valence-electron chi connectivity index (χ2n) is 7.22. The molecule has 0 aromatic heterocycles. The van der Waals surface area contributed by atoms with Crippen LogP contribution in [0.4, 0.5) is 0 Å². The van der Waals surface area contributed by atoms with Crippen LogP contribution >= 0.6 is 0 Å². The Hall–Kier alpha value is -0.520. The van der Waals surface area contributed by atoms with E-state index < -0.39 is 0 Å². The van der Waals surface area contributed by atoms with Crippen molar-refractivity contribution in [3.63, 3.8) is 0 Å². The van der Waals surface area contributed by atoms with Gasteiger partial charge in [0.05, 0.1) is 0 Å². The SMILES string of the molecule is CCC1=CC2CC1C1C3CC(C4CC=CC43)C21. The highest BCUT2D eigenvalue weighted by Crippen LogP contribution is 2.71. The van der Waals surface area contributed by atoms with Crippen LogP contribution in [0.25, 0.3) is 0 Å². The summed E-state index contributed by atoms with van der Waals surface area (Å²) in [5.74, 6) is 8.48. The standard InChI is InChI=1S/C17H22/c1-2-9-6-10-7-13(9)17-15-8-14(16(10)17)11-4-3-5-12(11)15/h3,5-6,10-17H,2,4,7-8H2,1H3. The van der Waals surface area contributed by atoms with Gasteiger partial charge in [-0.25, -0.2) is 0 Å². The van der Waals surface area contributed by atoms with E-state index in [-0.39, 0.29) is 0 Å². The molecule has 17 heavy (non-hydrogen) atoms. The van der Waals surface area contributed by atoms with Gasteiger partial charge in [-0.05, 0) is 73.0 Å². The van der Waals surface area contributed by atoms with Gasteiger partial charge in [0, 0.05) is 0 Å². The van der Waals surface area contributed by atoms with Gasteiger partial charge in [-0.15, -0.1) is 0 Å². The normalized spacial score (nSPS) is 60.9. The van der Waals surface area contributed by atoms with Crippen molar-refractivity contribution in [2.24, 2.45) is 47.3 Å². The molecule has 0 aromatic carbocycles. The van der Waals surface area contributed by atoms with E-state index in [1.807, 2.05) is 5.57 Å². The molecule has 0 heteroatoms. The van der Waals surface area contributed by atoms with Crippen LogP contribution in [0.2, 0.25) is 0 Å². The number of fused-ring (bicyclic) bond motifs is 12. The largest absolute Gasteiger partial charge is 0.0879 e. The van der Waals surface area contributed by atoms with Gasteiger partial charge in [-0.2, -0.15) is 0 Å². The summed E-state index contributed by atoms with van der Waals surface area (Å²) < 4.78 is 0. The lowest BCUT2D eigenvalue weighted by Gasteiger charge is -2.40. The minimum atomic E-state index is 0.997. The molecule has 0 aliphatic heterocycles. The quantitative estimate of drug-likeness (QED) is 0.467. The first kappa shape index (κ1) is 9.42. The molecule has 5 rings (SSSR count). The molecule has 0 heterocycles. The van der Waals surface area contributed by atoms with Gasteiger partial charge in [0.25, 0.3) is 0 Å². The van der Waals surface area contributed by atoms with Crippen LogP contribution in [0.1, 0.15) is 32.6 Å². The van der Waals surface area contributed by atoms with Crippen molar-refractivity contribution in [1.29, 1.82) is 0 Å². The molecule has 3 fully saturated rings. The summed E-state index contributed by atoms with van der Waals surface area (Å²) in [5, 5.41) is 0. The van der Waals surface area contributed by atoms with Crippen LogP contribution in [0.5, 0.6) is 0 Å². The third-order valence-corrected chi connectivity index (χ3v) is 7.08. The monoisotopic (exact) mass is 226 g/mol. The first-order valence-corrected chi connectivity index (χ1v) is 7.75. The number of hydrogen-bond donors (Lipinski definition) is 0. The van der Waals surface area contributed by atoms with E-state index in [9.17, 15) is 0 Å². The fourth-order valence-electron chi connectivity index (χ4n) is 6.82. The molecular formula is C17H22. The first-order chi connectivity index (χ1) is 8.38. The second kappa shape index (κ2) is 2.90. The minimum Gasteiger partial charge on any atom is -0.0879 e. The third-order valence-electron chi connectivity index (χ3n) is 7.08. The van der Waals surface area contributed by atoms with Gasteiger partial charge in [0.15, 0.2) is 0 Å². The molecule has 8 atom stereocenters. The minimum absolute atomic E-state index is 0.997. The van der Waals surface area contributed by atoms with Crippen molar-refractivity contribution in [3.05, 3.63) is 23.8 Å². The highest BCUT2D eigenvalue weighted by Gasteiger charge is 2.65. The molecular weight excluding hydrogens is 204 g/mol. The van der Waals surface area contributed by atoms with Crippen LogP contribution in [-0.2, 0) is 0 Å². The molecule has 5 aliphatic rings. The summed E-state index contributed by atoms with van der Waals surface area (Å²) in [7, 11) is 0. The van der Waals surface area contributed by atoms with Gasteiger partial charge in [0.1, 0.15) is 0 Å². The predicted octanol–water partition coefficient (Wildman–Crippen LogP) is 4.05. The second-order valence-corrected chi connectivity index (χ2v) is 7.22. The molecule has 0 aromatic rings. The first-order valence-electron chi connectivity index (χ1n) is 7.75. The Morgan fingerprint density at radius 3 is 2.94 bits per heavy atom. The zero-order valence-corrected chi connectivity index (χ0v) is 10.7. The van der Waals surface area contributed by atoms with E-state index in [2.05, 4.69) is 25.2 Å². The summed E-state index contributed by atoms with van der Waals surface area (Å²) in [6.07, 6.45) is 13.6. The van der Waals surface area contributed by atoms with Crippen LogP contribution in [0.15, 0.2) is 23.8 Å². The zero-order chi connectivity index (χ0) is 11.1. The summed E-state index contributed by atoms with van der Waals surface area (Å²) in [6.45, 7) is 2.37. The molecule has 8 unspecified atom stereocenters. The molecule has 90 valence electrons. The van der Waals surface area contributed by atoms with Crippen molar-refractivity contribution in [3.8, 4) is 0 Å². The van der Waals surface area contributed by atoms with E-state index in [0.29, 0.717) is 0 Å². The van der Waals surface area contributed by atoms with Crippen molar-refractivity contribution in [2.45, 2.75) is 32.6 Å². The third kappa shape index (κ3) is 0.914. The highest BCUT2D eigenvalue weighted by molar-refractivity contribution is 5.30. The fourth-order valence-corrected chi connectivity index (χ4v) is 6.82. The Balaban J connectivity index is 1.58. The molecule has 3 saturated carbocycles. The maximum atomic E-state index is 2.70. The summed E-state index contributed by atoms with van der Waals surface area (Å²) in [6, 6.07) is 0. The Kier molecular flexibility index (Phi) is 1.60. The van der Waals surface area contributed by atoms with Crippen molar-refractivity contribution < 1.29 is 0 Å². The van der Waals surface area contributed by atoms with Crippen molar-refractivity contribution in [2.75, 3.05) is 0 Å². The number of rotatable bonds is 1. The van der Waals surface area contributed by atoms with Gasteiger partial charge in [-0.1, -0.05) is 30.7 Å². The highest BCUT2D eigenvalue weighted by atomic mass is 14.7. The molecule has 0 saturated heterocycles. The molecule has 4 bridgehead atoms. The Labute approximate surface area is 104 Å². The van der Waals surface area contributed by atoms with Gasteiger partial charge in [0.2, 0.25) is 0 Å². The summed E-state index contributed by atoms with van der Waals surface area (Å²) in [5.41, 5.74) is 1.84. The van der Waals surface area contributed by atoms with Crippen LogP contribution in [-0.4, -0.2) is 0 Å². The molecule has 0 spiro atoms. The maximum Gasteiger partial charge on any atom is -0.0163 e. The smallest absolute Gasteiger partial charge is 0.0163 e. The molecule has 0 radical (unpaired) electrons. The Bertz CT molecular complexity index is 429. The van der Waals surface area contributed by atoms with Crippen LogP contribution in [0, 0.1) is 47.3 Å². The lowest BCUT2D eigenvalue weighted by Crippen LogP contribution is -2.35. The summed E-state index contributed by atoms with van der Waals surface area (Å²) in [4.78, 5) is 0. The molecule has 5 aliphatic carbocycles. The van der Waals surface area contributed by atoms with Gasteiger partial charge < -0.3 is 0 Å². The van der Waals surface area contributed by atoms with Gasteiger partial charge in [-0.3, -0.25) is 0 Å². The lowest BCUT2D eigenvalue weighted by molar-refractivity contribution is 0.117. The van der Waals surface area contributed by atoms with E-state index in [1.54, 1.807) is 6.42 Å². The van der Waals surface area contributed by atoms with E-state index in [0.717, 1.165) is 47.3 Å². The predicted molar refractivity (Wildman–Crippen MR) is 69.3 cm³/mol. The van der Waals surface area contributed by atoms with Crippen LogP contribution < -0.4 is 0 Å². The van der Waals surface area contributed by atoms with Gasteiger partial charge >= 0.3 is 0 Å². The van der Waals surface area contributed by atoms with Crippen molar-refractivity contribution >= 4 is 0 Å². The van der Waals surface area contributed by atoms with E-state index >= 15 is 0 Å². The Morgan fingerprint density at radius 1 is 1.12 bits per heavy atom.